The molecule has 0 aliphatic heterocycles. The van der Waals surface area contributed by atoms with E-state index in [1.54, 1.807) is 41.2 Å². The van der Waals surface area contributed by atoms with Crippen LogP contribution in [0.15, 0.2) is 54.7 Å². The van der Waals surface area contributed by atoms with Gasteiger partial charge in [0.2, 0.25) is 5.91 Å². The molecule has 1 heterocycles. The molecule has 0 bridgehead atoms. The molecule has 3 rings (SSSR count). The Morgan fingerprint density at radius 1 is 1.18 bits per heavy atom. The standard InChI is InChI=1S/C21H21ClN4O2/c1-13(2)19-18(12-25-26(19)17-8-6-16(22)7-9-17)21(28)24-11-14-4-3-5-15(10-14)20(23)27/h3-10,12-13H,11H2,1-2H3,(H2,23,27)(H,24,28). The lowest BCUT2D eigenvalue weighted by atomic mass is 10.0. The smallest absolute Gasteiger partial charge is 0.255 e. The van der Waals surface area contributed by atoms with Crippen LogP contribution in [0.25, 0.3) is 5.69 Å². The molecule has 0 radical (unpaired) electrons. The molecule has 2 aromatic carbocycles. The van der Waals surface area contributed by atoms with Crippen molar-refractivity contribution in [1.82, 2.24) is 15.1 Å². The van der Waals surface area contributed by atoms with Crippen LogP contribution in [-0.2, 0) is 6.54 Å². The zero-order chi connectivity index (χ0) is 20.3. The Balaban J connectivity index is 1.83. The van der Waals surface area contributed by atoms with E-state index >= 15 is 0 Å². The number of nitrogens with one attached hydrogen (secondary N) is 1. The summed E-state index contributed by atoms with van der Waals surface area (Å²) in [4.78, 5) is 24.1. The van der Waals surface area contributed by atoms with Gasteiger partial charge in [0.05, 0.1) is 23.1 Å². The van der Waals surface area contributed by atoms with E-state index in [4.69, 9.17) is 17.3 Å². The molecule has 0 aliphatic rings. The second-order valence-corrected chi connectivity index (χ2v) is 7.17. The number of hydrogen-bond acceptors (Lipinski definition) is 3. The van der Waals surface area contributed by atoms with Crippen LogP contribution in [0.3, 0.4) is 0 Å². The Kier molecular flexibility index (Phi) is 5.80. The highest BCUT2D eigenvalue weighted by Crippen LogP contribution is 2.24. The summed E-state index contributed by atoms with van der Waals surface area (Å²) in [6.07, 6.45) is 1.57. The third-order valence-electron chi connectivity index (χ3n) is 4.33. The van der Waals surface area contributed by atoms with Gasteiger partial charge in [-0.05, 0) is 47.9 Å². The predicted octanol–water partition coefficient (Wildman–Crippen LogP) is 3.68. The Labute approximate surface area is 168 Å². The van der Waals surface area contributed by atoms with Crippen LogP contribution in [-0.4, -0.2) is 21.6 Å². The topological polar surface area (TPSA) is 90.0 Å². The summed E-state index contributed by atoms with van der Waals surface area (Å²) < 4.78 is 1.75. The molecule has 0 saturated carbocycles. The molecule has 3 N–H and O–H groups in total. The van der Waals surface area contributed by atoms with Gasteiger partial charge < -0.3 is 11.1 Å². The van der Waals surface area contributed by atoms with E-state index in [1.165, 1.54) is 0 Å². The molecule has 7 heteroatoms. The van der Waals surface area contributed by atoms with Gasteiger partial charge >= 0.3 is 0 Å². The molecule has 2 amide bonds. The van der Waals surface area contributed by atoms with E-state index in [-0.39, 0.29) is 18.4 Å². The highest BCUT2D eigenvalue weighted by Gasteiger charge is 2.20. The van der Waals surface area contributed by atoms with Crippen LogP contribution < -0.4 is 11.1 Å². The molecule has 0 unspecified atom stereocenters. The first-order chi connectivity index (χ1) is 13.4. The number of nitrogens with zero attached hydrogens (tertiary/aromatic N) is 2. The minimum Gasteiger partial charge on any atom is -0.366 e. The molecule has 0 saturated heterocycles. The molecule has 1 aromatic heterocycles. The van der Waals surface area contributed by atoms with Crippen molar-refractivity contribution in [2.24, 2.45) is 5.73 Å². The van der Waals surface area contributed by atoms with Crippen LogP contribution in [0.4, 0.5) is 0 Å². The molecule has 0 fully saturated rings. The van der Waals surface area contributed by atoms with Gasteiger partial charge in [-0.25, -0.2) is 4.68 Å². The molecular formula is C21H21ClN4O2. The van der Waals surface area contributed by atoms with E-state index in [1.807, 2.05) is 32.0 Å². The van der Waals surface area contributed by atoms with E-state index in [0.717, 1.165) is 16.9 Å². The van der Waals surface area contributed by atoms with Crippen LogP contribution in [0.2, 0.25) is 5.02 Å². The largest absolute Gasteiger partial charge is 0.366 e. The number of hydrogen-bond donors (Lipinski definition) is 2. The molecule has 0 atom stereocenters. The van der Waals surface area contributed by atoms with Gasteiger partial charge in [-0.2, -0.15) is 5.10 Å². The number of carbonyl (C=O) groups excluding carboxylic acids is 2. The third-order valence-corrected chi connectivity index (χ3v) is 4.59. The number of aromatic nitrogens is 2. The maximum absolute atomic E-state index is 12.8. The predicted molar refractivity (Wildman–Crippen MR) is 109 cm³/mol. The van der Waals surface area contributed by atoms with Crippen molar-refractivity contribution in [1.29, 1.82) is 0 Å². The fourth-order valence-electron chi connectivity index (χ4n) is 2.99. The van der Waals surface area contributed by atoms with E-state index < -0.39 is 5.91 Å². The molecule has 6 nitrogen and oxygen atoms in total. The fourth-order valence-corrected chi connectivity index (χ4v) is 3.11. The van der Waals surface area contributed by atoms with Crippen molar-refractivity contribution in [2.45, 2.75) is 26.3 Å². The fraction of sp³-hybridized carbons (Fsp3) is 0.190. The Hall–Kier alpha value is -3.12. The molecule has 0 aliphatic carbocycles. The molecule has 3 aromatic rings. The average molecular weight is 397 g/mol. The highest BCUT2D eigenvalue weighted by atomic mass is 35.5. The minimum absolute atomic E-state index is 0.0807. The van der Waals surface area contributed by atoms with Gasteiger partial charge in [-0.3, -0.25) is 9.59 Å². The second-order valence-electron chi connectivity index (χ2n) is 6.73. The summed E-state index contributed by atoms with van der Waals surface area (Å²) >= 11 is 5.96. The van der Waals surface area contributed by atoms with Crippen LogP contribution in [0.5, 0.6) is 0 Å². The number of benzene rings is 2. The van der Waals surface area contributed by atoms with Crippen LogP contribution >= 0.6 is 11.6 Å². The summed E-state index contributed by atoms with van der Waals surface area (Å²) in [5.41, 5.74) is 8.66. The molecule has 144 valence electrons. The number of rotatable bonds is 6. The van der Waals surface area contributed by atoms with Crippen molar-refractivity contribution < 1.29 is 9.59 Å². The zero-order valence-electron chi connectivity index (χ0n) is 15.6. The third kappa shape index (κ3) is 4.23. The number of primary amides is 1. The molecule has 0 spiro atoms. The number of nitrogens with two attached hydrogens (primary N) is 1. The SMILES string of the molecule is CC(C)c1c(C(=O)NCc2cccc(C(N)=O)c2)cnn1-c1ccc(Cl)cc1. The number of halogens is 1. The summed E-state index contributed by atoms with van der Waals surface area (Å²) in [5.74, 6) is -0.648. The summed E-state index contributed by atoms with van der Waals surface area (Å²) in [5, 5.41) is 7.92. The Morgan fingerprint density at radius 3 is 2.54 bits per heavy atom. The lowest BCUT2D eigenvalue weighted by molar-refractivity contribution is 0.0949. The minimum atomic E-state index is -0.500. The first-order valence-electron chi connectivity index (χ1n) is 8.87. The Bertz CT molecular complexity index is 1010. The average Bonchev–Trinajstić information content (AvgIpc) is 3.12. The van der Waals surface area contributed by atoms with E-state index in [9.17, 15) is 9.59 Å². The van der Waals surface area contributed by atoms with Crippen molar-refractivity contribution in [3.63, 3.8) is 0 Å². The van der Waals surface area contributed by atoms with Gasteiger partial charge in [0.15, 0.2) is 0 Å². The van der Waals surface area contributed by atoms with Crippen LogP contribution in [0, 0.1) is 0 Å². The first-order valence-corrected chi connectivity index (χ1v) is 9.25. The van der Waals surface area contributed by atoms with E-state index in [2.05, 4.69) is 10.4 Å². The zero-order valence-corrected chi connectivity index (χ0v) is 16.4. The van der Waals surface area contributed by atoms with Crippen molar-refractivity contribution >= 4 is 23.4 Å². The van der Waals surface area contributed by atoms with Crippen molar-refractivity contribution in [2.75, 3.05) is 0 Å². The summed E-state index contributed by atoms with van der Waals surface area (Å²) in [7, 11) is 0. The maximum atomic E-state index is 12.8. The second kappa shape index (κ2) is 8.27. The maximum Gasteiger partial charge on any atom is 0.255 e. The van der Waals surface area contributed by atoms with Crippen molar-refractivity contribution in [3.05, 3.63) is 82.1 Å². The number of amides is 2. The first kappa shape index (κ1) is 19.6. The van der Waals surface area contributed by atoms with Gasteiger partial charge in [0.25, 0.3) is 5.91 Å². The highest BCUT2D eigenvalue weighted by molar-refractivity contribution is 6.30. The van der Waals surface area contributed by atoms with Crippen molar-refractivity contribution in [3.8, 4) is 5.69 Å². The van der Waals surface area contributed by atoms with Gasteiger partial charge in [0.1, 0.15) is 0 Å². The van der Waals surface area contributed by atoms with Crippen LogP contribution in [0.1, 0.15) is 51.7 Å². The van der Waals surface area contributed by atoms with E-state index in [0.29, 0.717) is 16.1 Å². The summed E-state index contributed by atoms with van der Waals surface area (Å²) in [6, 6.07) is 14.2. The lowest BCUT2D eigenvalue weighted by Gasteiger charge is -2.13. The monoisotopic (exact) mass is 396 g/mol. The van der Waals surface area contributed by atoms with Gasteiger partial charge in [0, 0.05) is 17.1 Å². The number of carbonyl (C=O) groups is 2. The van der Waals surface area contributed by atoms with Gasteiger partial charge in [-0.1, -0.05) is 37.6 Å². The van der Waals surface area contributed by atoms with Gasteiger partial charge in [-0.15, -0.1) is 0 Å². The normalized spacial score (nSPS) is 10.9. The Morgan fingerprint density at radius 2 is 1.89 bits per heavy atom. The lowest BCUT2D eigenvalue weighted by Crippen LogP contribution is -2.24. The summed E-state index contributed by atoms with van der Waals surface area (Å²) in [6.45, 7) is 4.30. The molecule has 28 heavy (non-hydrogen) atoms. The molecular weight excluding hydrogens is 376 g/mol. The quantitative estimate of drug-likeness (QED) is 0.665.